The van der Waals surface area contributed by atoms with E-state index in [4.69, 9.17) is 4.42 Å². The van der Waals surface area contributed by atoms with Gasteiger partial charge in [0, 0.05) is 5.69 Å². The number of hydrogen-bond donors (Lipinski definition) is 2. The Bertz CT molecular complexity index is 511. The lowest BCUT2D eigenvalue weighted by molar-refractivity contribution is -0.115. The first kappa shape index (κ1) is 12.3. The molecular weight excluding hydrogens is 235 g/mol. The normalized spacial score (nSPS) is 10.3. The summed E-state index contributed by atoms with van der Waals surface area (Å²) in [6, 6.07) is 9.37. The molecule has 2 N–H and O–H groups in total. The van der Waals surface area contributed by atoms with E-state index in [1.807, 2.05) is 6.07 Å². The lowest BCUT2D eigenvalue weighted by atomic mass is 10.3. The molecule has 2 rings (SSSR count). The molecule has 2 aromatic rings. The minimum absolute atomic E-state index is 0.136. The van der Waals surface area contributed by atoms with E-state index in [-0.39, 0.29) is 18.3 Å². The monoisotopic (exact) mass is 248 g/mol. The Hall–Kier alpha value is -2.14. The van der Waals surface area contributed by atoms with E-state index in [0.717, 1.165) is 5.76 Å². The van der Waals surface area contributed by atoms with Crippen LogP contribution in [0.25, 0.3) is 0 Å². The topological polar surface area (TPSA) is 54.3 Å². The van der Waals surface area contributed by atoms with Gasteiger partial charge in [-0.2, -0.15) is 0 Å². The van der Waals surface area contributed by atoms with Gasteiger partial charge in [-0.25, -0.2) is 4.39 Å². The number of anilines is 1. The standard InChI is InChI=1S/C13H13FN2O2/c14-10-3-1-4-11(7-10)16-13(17)9-15-8-12-5-2-6-18-12/h1-7,15H,8-9H2,(H,16,17). The highest BCUT2D eigenvalue weighted by Crippen LogP contribution is 2.08. The van der Waals surface area contributed by atoms with Gasteiger partial charge in [0.1, 0.15) is 11.6 Å². The smallest absolute Gasteiger partial charge is 0.238 e. The summed E-state index contributed by atoms with van der Waals surface area (Å²) in [6.07, 6.45) is 1.57. The molecule has 0 fully saturated rings. The van der Waals surface area contributed by atoms with Crippen LogP contribution >= 0.6 is 0 Å². The maximum Gasteiger partial charge on any atom is 0.238 e. The Labute approximate surface area is 104 Å². The Morgan fingerprint density at radius 1 is 1.28 bits per heavy atom. The first-order chi connectivity index (χ1) is 8.74. The number of halogens is 1. The third-order valence-corrected chi connectivity index (χ3v) is 2.27. The van der Waals surface area contributed by atoms with Gasteiger partial charge >= 0.3 is 0 Å². The van der Waals surface area contributed by atoms with E-state index < -0.39 is 0 Å². The van der Waals surface area contributed by atoms with Crippen molar-refractivity contribution in [2.45, 2.75) is 6.54 Å². The van der Waals surface area contributed by atoms with Crippen LogP contribution < -0.4 is 10.6 Å². The van der Waals surface area contributed by atoms with Gasteiger partial charge in [0.05, 0.1) is 19.4 Å². The second kappa shape index (κ2) is 5.97. The first-order valence-electron chi connectivity index (χ1n) is 5.52. The van der Waals surface area contributed by atoms with Crippen LogP contribution in [0.15, 0.2) is 47.1 Å². The number of rotatable bonds is 5. The highest BCUT2D eigenvalue weighted by atomic mass is 19.1. The van der Waals surface area contributed by atoms with Crippen molar-refractivity contribution in [2.24, 2.45) is 0 Å². The molecule has 0 aliphatic heterocycles. The molecule has 0 unspecified atom stereocenters. The predicted octanol–water partition coefficient (Wildman–Crippen LogP) is 2.15. The zero-order chi connectivity index (χ0) is 12.8. The minimum Gasteiger partial charge on any atom is -0.468 e. The molecule has 0 saturated heterocycles. The molecular formula is C13H13FN2O2. The SMILES string of the molecule is O=C(CNCc1ccco1)Nc1cccc(F)c1. The van der Waals surface area contributed by atoms with Crippen LogP contribution in [0.3, 0.4) is 0 Å². The van der Waals surface area contributed by atoms with E-state index in [1.54, 1.807) is 24.5 Å². The lowest BCUT2D eigenvalue weighted by Crippen LogP contribution is -2.27. The molecule has 0 saturated carbocycles. The van der Waals surface area contributed by atoms with Gasteiger partial charge in [0.25, 0.3) is 0 Å². The van der Waals surface area contributed by atoms with E-state index in [1.165, 1.54) is 12.1 Å². The lowest BCUT2D eigenvalue weighted by Gasteiger charge is -2.05. The van der Waals surface area contributed by atoms with Crippen LogP contribution in [0, 0.1) is 5.82 Å². The molecule has 0 spiro atoms. The highest BCUT2D eigenvalue weighted by molar-refractivity contribution is 5.92. The van der Waals surface area contributed by atoms with Crippen molar-refractivity contribution in [3.05, 3.63) is 54.2 Å². The highest BCUT2D eigenvalue weighted by Gasteiger charge is 2.03. The Kier molecular flexibility index (Phi) is 4.09. The van der Waals surface area contributed by atoms with Crippen molar-refractivity contribution in [1.29, 1.82) is 0 Å². The third kappa shape index (κ3) is 3.71. The van der Waals surface area contributed by atoms with Gasteiger partial charge in [-0.1, -0.05) is 6.07 Å². The minimum atomic E-state index is -0.378. The molecule has 0 aliphatic carbocycles. The van der Waals surface area contributed by atoms with Gasteiger partial charge in [0.15, 0.2) is 0 Å². The van der Waals surface area contributed by atoms with Gasteiger partial charge in [-0.05, 0) is 30.3 Å². The average Bonchev–Trinajstić information content (AvgIpc) is 2.82. The molecule has 1 aromatic heterocycles. The zero-order valence-electron chi connectivity index (χ0n) is 9.65. The van der Waals surface area contributed by atoms with Gasteiger partial charge in [-0.15, -0.1) is 0 Å². The van der Waals surface area contributed by atoms with Gasteiger partial charge in [0.2, 0.25) is 5.91 Å². The summed E-state index contributed by atoms with van der Waals surface area (Å²) in [5.41, 5.74) is 0.444. The first-order valence-corrected chi connectivity index (χ1v) is 5.52. The maximum absolute atomic E-state index is 12.9. The molecule has 18 heavy (non-hydrogen) atoms. The summed E-state index contributed by atoms with van der Waals surface area (Å²) >= 11 is 0. The molecule has 0 bridgehead atoms. The van der Waals surface area contributed by atoms with Crippen molar-refractivity contribution in [2.75, 3.05) is 11.9 Å². The Balaban J connectivity index is 1.75. The largest absolute Gasteiger partial charge is 0.468 e. The van der Waals surface area contributed by atoms with E-state index >= 15 is 0 Å². The second-order valence-corrected chi connectivity index (χ2v) is 3.74. The maximum atomic E-state index is 12.9. The molecule has 1 heterocycles. The summed E-state index contributed by atoms with van der Waals surface area (Å²) in [4.78, 5) is 11.5. The third-order valence-electron chi connectivity index (χ3n) is 2.27. The van der Waals surface area contributed by atoms with Gasteiger partial charge < -0.3 is 15.1 Å². The Morgan fingerprint density at radius 2 is 2.17 bits per heavy atom. The molecule has 0 atom stereocenters. The van der Waals surface area contributed by atoms with Crippen LogP contribution in [0.5, 0.6) is 0 Å². The van der Waals surface area contributed by atoms with Crippen LogP contribution in [0.4, 0.5) is 10.1 Å². The van der Waals surface area contributed by atoms with Crippen LogP contribution in [-0.2, 0) is 11.3 Å². The average molecular weight is 248 g/mol. The summed E-state index contributed by atoms with van der Waals surface area (Å²) in [7, 11) is 0. The van der Waals surface area contributed by atoms with Crippen molar-refractivity contribution >= 4 is 11.6 Å². The summed E-state index contributed by atoms with van der Waals surface area (Å²) in [5.74, 6) is 0.150. The fourth-order valence-electron chi connectivity index (χ4n) is 1.48. The number of carbonyl (C=O) groups excluding carboxylic acids is 1. The van der Waals surface area contributed by atoms with Crippen molar-refractivity contribution in [3.8, 4) is 0 Å². The molecule has 94 valence electrons. The van der Waals surface area contributed by atoms with Crippen molar-refractivity contribution in [1.82, 2.24) is 5.32 Å². The molecule has 5 heteroatoms. The molecule has 0 radical (unpaired) electrons. The van der Waals surface area contributed by atoms with Crippen LogP contribution in [0.1, 0.15) is 5.76 Å². The number of benzene rings is 1. The quantitative estimate of drug-likeness (QED) is 0.852. The molecule has 4 nitrogen and oxygen atoms in total. The number of carbonyl (C=O) groups is 1. The number of amides is 1. The molecule has 1 aromatic carbocycles. The zero-order valence-corrected chi connectivity index (χ0v) is 9.65. The van der Waals surface area contributed by atoms with Crippen LogP contribution in [-0.4, -0.2) is 12.5 Å². The summed E-state index contributed by atoms with van der Waals surface area (Å²) in [5, 5.41) is 5.51. The van der Waals surface area contributed by atoms with Gasteiger partial charge in [-0.3, -0.25) is 4.79 Å². The summed E-state index contributed by atoms with van der Waals surface area (Å²) in [6.45, 7) is 0.612. The number of furan rings is 1. The van der Waals surface area contributed by atoms with Crippen molar-refractivity contribution in [3.63, 3.8) is 0 Å². The van der Waals surface area contributed by atoms with Crippen molar-refractivity contribution < 1.29 is 13.6 Å². The van der Waals surface area contributed by atoms with Crippen LogP contribution in [0.2, 0.25) is 0 Å². The summed E-state index contributed by atoms with van der Waals surface area (Å²) < 4.78 is 18.0. The second-order valence-electron chi connectivity index (χ2n) is 3.74. The van der Waals surface area contributed by atoms with E-state index in [2.05, 4.69) is 10.6 Å². The molecule has 0 aliphatic rings. The predicted molar refractivity (Wildman–Crippen MR) is 65.4 cm³/mol. The number of nitrogens with one attached hydrogen (secondary N) is 2. The number of hydrogen-bond acceptors (Lipinski definition) is 3. The Morgan fingerprint density at radius 3 is 2.89 bits per heavy atom. The molecule has 1 amide bonds. The fraction of sp³-hybridized carbons (Fsp3) is 0.154. The fourth-order valence-corrected chi connectivity index (χ4v) is 1.48. The van der Waals surface area contributed by atoms with E-state index in [9.17, 15) is 9.18 Å². The van der Waals surface area contributed by atoms with E-state index in [0.29, 0.717) is 12.2 Å².